The molecule has 1 heterocycles. The summed E-state index contributed by atoms with van der Waals surface area (Å²) >= 11 is 1.95. The number of hydrogen-bond donors (Lipinski definition) is 0. The molecule has 0 aromatic heterocycles. The molecule has 0 saturated heterocycles. The zero-order valence-corrected chi connectivity index (χ0v) is 13.2. The zero-order chi connectivity index (χ0) is 14.3. The van der Waals surface area contributed by atoms with Crippen molar-refractivity contribution in [2.45, 2.75) is 11.3 Å². The molecule has 0 unspecified atom stereocenters. The predicted octanol–water partition coefficient (Wildman–Crippen LogP) is 3.70. The number of fused-ring (bicyclic) bond motifs is 1. The summed E-state index contributed by atoms with van der Waals surface area (Å²) < 4.78 is 38.9. The number of allylic oxidation sites excluding steroid dienone is 5. The maximum Gasteiger partial charge on any atom is 0.224 e. The van der Waals surface area contributed by atoms with E-state index in [9.17, 15) is 12.8 Å². The number of nitrogens with zero attached hydrogens (tertiary/aromatic N) is 1. The highest BCUT2D eigenvalue weighted by molar-refractivity contribution is 14.1. The summed E-state index contributed by atoms with van der Waals surface area (Å²) in [6, 6.07) is 8.13. The molecule has 6 heteroatoms. The number of sulfone groups is 1. The molecule has 0 atom stereocenters. The van der Waals surface area contributed by atoms with Crippen molar-refractivity contribution in [2.75, 3.05) is 0 Å². The van der Waals surface area contributed by atoms with E-state index in [2.05, 4.69) is 4.99 Å². The van der Waals surface area contributed by atoms with Crippen LogP contribution in [0.15, 0.2) is 72.4 Å². The molecule has 3 rings (SSSR count). The Kier molecular flexibility index (Phi) is 3.37. The van der Waals surface area contributed by atoms with Crippen molar-refractivity contribution >= 4 is 38.1 Å². The maximum absolute atomic E-state index is 13.3. The van der Waals surface area contributed by atoms with Gasteiger partial charge in [0.2, 0.25) is 9.84 Å². The van der Waals surface area contributed by atoms with E-state index in [1.54, 1.807) is 24.3 Å². The van der Waals surface area contributed by atoms with Gasteiger partial charge in [0.05, 0.1) is 14.2 Å². The molecule has 1 aliphatic heterocycles. The lowest BCUT2D eigenvalue weighted by Gasteiger charge is -2.06. The first-order chi connectivity index (χ1) is 9.50. The summed E-state index contributed by atoms with van der Waals surface area (Å²) in [4.78, 5) is 4.34. The van der Waals surface area contributed by atoms with E-state index in [1.165, 1.54) is 18.2 Å². The highest BCUT2D eigenvalue weighted by atomic mass is 127. The Morgan fingerprint density at radius 3 is 2.55 bits per heavy atom. The van der Waals surface area contributed by atoms with Gasteiger partial charge in [0.15, 0.2) is 5.03 Å². The summed E-state index contributed by atoms with van der Waals surface area (Å²) in [6.45, 7) is 0. The van der Waals surface area contributed by atoms with Gasteiger partial charge in [-0.2, -0.15) is 0 Å². The van der Waals surface area contributed by atoms with E-state index in [0.717, 1.165) is 0 Å². The van der Waals surface area contributed by atoms with Crippen LogP contribution in [0.5, 0.6) is 0 Å². The zero-order valence-electron chi connectivity index (χ0n) is 10.2. The predicted molar refractivity (Wildman–Crippen MR) is 84.0 cm³/mol. The molecule has 0 saturated carbocycles. The Morgan fingerprint density at radius 2 is 1.85 bits per heavy atom. The van der Waals surface area contributed by atoms with Gasteiger partial charge in [0.25, 0.3) is 0 Å². The lowest BCUT2D eigenvalue weighted by Crippen LogP contribution is -2.03. The van der Waals surface area contributed by atoms with Crippen LogP contribution in [-0.4, -0.2) is 14.1 Å². The Balaban J connectivity index is 2.12. The van der Waals surface area contributed by atoms with Gasteiger partial charge < -0.3 is 0 Å². The van der Waals surface area contributed by atoms with Gasteiger partial charge in [-0.05, 0) is 46.9 Å². The Morgan fingerprint density at radius 1 is 1.15 bits per heavy atom. The Hall–Kier alpha value is -1.28. The van der Waals surface area contributed by atoms with Crippen molar-refractivity contribution in [2.24, 2.45) is 4.99 Å². The second-order valence-corrected chi connectivity index (χ2v) is 7.31. The van der Waals surface area contributed by atoms with Gasteiger partial charge in [0.1, 0.15) is 5.83 Å². The topological polar surface area (TPSA) is 46.5 Å². The number of halogens is 2. The minimum Gasteiger partial charge on any atom is -0.239 e. The fourth-order valence-corrected chi connectivity index (χ4v) is 4.86. The molecule has 0 radical (unpaired) electrons. The van der Waals surface area contributed by atoms with Gasteiger partial charge in [-0.3, -0.25) is 0 Å². The normalized spacial score (nSPS) is 18.4. The molecule has 3 nitrogen and oxygen atoms in total. The number of hydrogen-bond acceptors (Lipinski definition) is 3. The minimum absolute atomic E-state index is 0.00801. The molecule has 0 amide bonds. The summed E-state index contributed by atoms with van der Waals surface area (Å²) in [7, 11) is -3.67. The SMILES string of the molecule is O=S(=O)(C1=C(I)C2=CC=C(F)CC2=N1)c1ccccc1. The van der Waals surface area contributed by atoms with E-state index in [1.807, 2.05) is 22.6 Å². The second kappa shape index (κ2) is 4.92. The van der Waals surface area contributed by atoms with E-state index in [-0.39, 0.29) is 22.2 Å². The molecule has 20 heavy (non-hydrogen) atoms. The standard InChI is InChI=1S/C14H9FINO2S/c15-9-6-7-11-12(8-9)17-14(13(11)16)20(18,19)10-4-2-1-3-5-10/h1-7H,8H2. The quantitative estimate of drug-likeness (QED) is 0.710. The number of benzene rings is 1. The van der Waals surface area contributed by atoms with Crippen LogP contribution >= 0.6 is 22.6 Å². The summed E-state index contributed by atoms with van der Waals surface area (Å²) in [5.41, 5.74) is 1.17. The first-order valence-electron chi connectivity index (χ1n) is 5.85. The molecule has 1 aromatic rings. The van der Waals surface area contributed by atoms with Crippen molar-refractivity contribution < 1.29 is 12.8 Å². The molecule has 102 valence electrons. The molecule has 0 fully saturated rings. The molecule has 0 N–H and O–H groups in total. The summed E-state index contributed by atoms with van der Waals surface area (Å²) in [5.74, 6) is -0.310. The van der Waals surface area contributed by atoms with E-state index in [4.69, 9.17) is 0 Å². The highest BCUT2D eigenvalue weighted by Gasteiger charge is 2.32. The molecular weight excluding hydrogens is 392 g/mol. The van der Waals surface area contributed by atoms with Crippen LogP contribution in [0, 0.1) is 0 Å². The number of rotatable bonds is 2. The first-order valence-corrected chi connectivity index (χ1v) is 8.41. The van der Waals surface area contributed by atoms with Crippen LogP contribution in [0.25, 0.3) is 0 Å². The smallest absolute Gasteiger partial charge is 0.224 e. The number of aliphatic imine (C=N–C) groups is 1. The third-order valence-corrected chi connectivity index (χ3v) is 6.20. The van der Waals surface area contributed by atoms with Crippen molar-refractivity contribution in [3.8, 4) is 0 Å². The van der Waals surface area contributed by atoms with Crippen LogP contribution in [0.3, 0.4) is 0 Å². The molecule has 0 bridgehead atoms. The maximum atomic E-state index is 13.3. The lowest BCUT2D eigenvalue weighted by molar-refractivity contribution is 0.601. The molecular formula is C14H9FINO2S. The van der Waals surface area contributed by atoms with E-state index in [0.29, 0.717) is 14.9 Å². The first kappa shape index (κ1) is 13.7. The molecule has 2 aliphatic rings. The van der Waals surface area contributed by atoms with Gasteiger partial charge >= 0.3 is 0 Å². The second-order valence-electron chi connectivity index (χ2n) is 4.36. The monoisotopic (exact) mass is 401 g/mol. The molecule has 1 aliphatic carbocycles. The Bertz CT molecular complexity index is 805. The fraction of sp³-hybridized carbons (Fsp3) is 0.0714. The summed E-state index contributed by atoms with van der Waals surface area (Å²) in [5, 5.41) is 0.00801. The fourth-order valence-electron chi connectivity index (χ4n) is 2.06. The third kappa shape index (κ3) is 2.16. The Labute approximate surface area is 129 Å². The van der Waals surface area contributed by atoms with Gasteiger partial charge in [-0.15, -0.1) is 0 Å². The van der Waals surface area contributed by atoms with Crippen LogP contribution in [0.2, 0.25) is 0 Å². The van der Waals surface area contributed by atoms with Crippen molar-refractivity contribution in [3.63, 3.8) is 0 Å². The van der Waals surface area contributed by atoms with Crippen LogP contribution in [0.4, 0.5) is 4.39 Å². The van der Waals surface area contributed by atoms with Crippen molar-refractivity contribution in [1.82, 2.24) is 0 Å². The van der Waals surface area contributed by atoms with Crippen molar-refractivity contribution in [1.29, 1.82) is 0 Å². The summed E-state index contributed by atoms with van der Waals surface area (Å²) in [6.07, 6.45) is 2.98. The minimum atomic E-state index is -3.67. The van der Waals surface area contributed by atoms with Crippen LogP contribution in [-0.2, 0) is 9.84 Å². The van der Waals surface area contributed by atoms with Crippen molar-refractivity contribution in [3.05, 3.63) is 62.5 Å². The average Bonchev–Trinajstić information content (AvgIpc) is 2.77. The van der Waals surface area contributed by atoms with Crippen LogP contribution < -0.4 is 0 Å². The average molecular weight is 401 g/mol. The molecule has 1 aromatic carbocycles. The highest BCUT2D eigenvalue weighted by Crippen LogP contribution is 2.39. The van der Waals surface area contributed by atoms with Crippen LogP contribution in [0.1, 0.15) is 6.42 Å². The third-order valence-electron chi connectivity index (χ3n) is 3.05. The van der Waals surface area contributed by atoms with Gasteiger partial charge in [-0.25, -0.2) is 17.8 Å². The van der Waals surface area contributed by atoms with Gasteiger partial charge in [-0.1, -0.05) is 18.2 Å². The van der Waals surface area contributed by atoms with Gasteiger partial charge in [0, 0.05) is 12.0 Å². The lowest BCUT2D eigenvalue weighted by atomic mass is 10.0. The molecule has 0 spiro atoms. The van der Waals surface area contributed by atoms with E-state index >= 15 is 0 Å². The van der Waals surface area contributed by atoms with E-state index < -0.39 is 9.84 Å². The largest absolute Gasteiger partial charge is 0.239 e.